The molecule has 1 atom stereocenters. The number of unbranched alkanes of at least 4 members (excludes halogenated alkanes) is 2. The largest absolute Gasteiger partial charge is 0.480 e. The van der Waals surface area contributed by atoms with Gasteiger partial charge in [-0.2, -0.15) is 0 Å². The van der Waals surface area contributed by atoms with Crippen LogP contribution in [0.5, 0.6) is 0 Å². The van der Waals surface area contributed by atoms with Crippen LogP contribution >= 0.6 is 0 Å². The number of aryl methyl sites for hydroxylation is 1. The van der Waals surface area contributed by atoms with E-state index < -0.39 is 12.0 Å². The molecule has 0 fully saturated rings. The van der Waals surface area contributed by atoms with Gasteiger partial charge in [-0.15, -0.1) is 0 Å². The Hall–Kier alpha value is -1.51. The van der Waals surface area contributed by atoms with E-state index in [1.54, 1.807) is 0 Å². The fourth-order valence-corrected chi connectivity index (χ4v) is 1.71. The molecule has 3 nitrogen and oxygen atoms in total. The van der Waals surface area contributed by atoms with Gasteiger partial charge >= 0.3 is 5.97 Å². The molecule has 0 aliphatic carbocycles. The minimum Gasteiger partial charge on any atom is -0.480 e. The summed E-state index contributed by atoms with van der Waals surface area (Å²) in [5, 5.41) is 12.2. The van der Waals surface area contributed by atoms with Gasteiger partial charge in [0.05, 0.1) is 0 Å². The molecule has 0 radical (unpaired) electrons. The van der Waals surface area contributed by atoms with Crippen molar-refractivity contribution >= 4 is 11.7 Å². The predicted octanol–water partition coefficient (Wildman–Crippen LogP) is 3.44. The SMILES string of the molecule is CCCCCC(Nc1ccc(C)cc1)C(=O)O. The van der Waals surface area contributed by atoms with Crippen molar-refractivity contribution in [2.24, 2.45) is 0 Å². The number of hydrogen-bond acceptors (Lipinski definition) is 2. The zero-order valence-corrected chi connectivity index (χ0v) is 10.6. The number of benzene rings is 1. The zero-order chi connectivity index (χ0) is 12.7. The third-order valence-corrected chi connectivity index (χ3v) is 2.79. The molecule has 0 saturated heterocycles. The van der Waals surface area contributed by atoms with Crippen molar-refractivity contribution in [2.75, 3.05) is 5.32 Å². The van der Waals surface area contributed by atoms with Gasteiger partial charge in [0.15, 0.2) is 0 Å². The van der Waals surface area contributed by atoms with Gasteiger partial charge in [0.1, 0.15) is 6.04 Å². The molecule has 0 saturated carbocycles. The highest BCUT2D eigenvalue weighted by atomic mass is 16.4. The van der Waals surface area contributed by atoms with Gasteiger partial charge in [-0.1, -0.05) is 43.9 Å². The third kappa shape index (κ3) is 4.89. The molecule has 94 valence electrons. The fourth-order valence-electron chi connectivity index (χ4n) is 1.71. The van der Waals surface area contributed by atoms with E-state index in [1.807, 2.05) is 31.2 Å². The molecule has 1 unspecified atom stereocenters. The number of hydrogen-bond donors (Lipinski definition) is 2. The lowest BCUT2D eigenvalue weighted by atomic mass is 10.1. The van der Waals surface area contributed by atoms with Crippen molar-refractivity contribution in [3.63, 3.8) is 0 Å². The van der Waals surface area contributed by atoms with Gasteiger partial charge < -0.3 is 10.4 Å². The second-order valence-electron chi connectivity index (χ2n) is 4.40. The number of rotatable bonds is 7. The molecule has 0 aliphatic heterocycles. The van der Waals surface area contributed by atoms with Crippen molar-refractivity contribution in [3.8, 4) is 0 Å². The van der Waals surface area contributed by atoms with Crippen LogP contribution in [0.2, 0.25) is 0 Å². The first-order valence-electron chi connectivity index (χ1n) is 6.19. The van der Waals surface area contributed by atoms with Crippen LogP contribution in [-0.4, -0.2) is 17.1 Å². The maximum Gasteiger partial charge on any atom is 0.326 e. The average Bonchev–Trinajstić information content (AvgIpc) is 2.30. The summed E-state index contributed by atoms with van der Waals surface area (Å²) >= 11 is 0. The molecule has 0 bridgehead atoms. The molecule has 17 heavy (non-hydrogen) atoms. The lowest BCUT2D eigenvalue weighted by Crippen LogP contribution is -2.29. The summed E-state index contributed by atoms with van der Waals surface area (Å²) in [6, 6.07) is 7.32. The minimum absolute atomic E-state index is 0.482. The highest BCUT2D eigenvalue weighted by Gasteiger charge is 2.16. The molecule has 3 heteroatoms. The summed E-state index contributed by atoms with van der Waals surface area (Å²) < 4.78 is 0. The maximum atomic E-state index is 11.1. The van der Waals surface area contributed by atoms with E-state index in [0.717, 1.165) is 24.9 Å². The molecule has 0 aromatic heterocycles. The van der Waals surface area contributed by atoms with Gasteiger partial charge in [-0.25, -0.2) is 4.79 Å². The molecule has 1 aromatic rings. The van der Waals surface area contributed by atoms with Crippen LogP contribution in [0, 0.1) is 6.92 Å². The normalized spacial score (nSPS) is 12.1. The number of nitrogens with one attached hydrogen (secondary N) is 1. The smallest absolute Gasteiger partial charge is 0.326 e. The Morgan fingerprint density at radius 1 is 1.29 bits per heavy atom. The number of carboxylic acid groups (broad SMARTS) is 1. The number of aliphatic carboxylic acids is 1. The monoisotopic (exact) mass is 235 g/mol. The minimum atomic E-state index is -0.776. The van der Waals surface area contributed by atoms with E-state index in [1.165, 1.54) is 5.56 Å². The van der Waals surface area contributed by atoms with Crippen LogP contribution in [0.15, 0.2) is 24.3 Å². The summed E-state index contributed by atoms with van der Waals surface area (Å²) in [6.45, 7) is 4.13. The lowest BCUT2D eigenvalue weighted by molar-refractivity contribution is -0.138. The second kappa shape index (κ2) is 6.94. The molecule has 0 amide bonds. The maximum absolute atomic E-state index is 11.1. The first-order chi connectivity index (χ1) is 8.13. The van der Waals surface area contributed by atoms with E-state index >= 15 is 0 Å². The first kappa shape index (κ1) is 13.6. The molecule has 0 aliphatic rings. The Labute approximate surface area is 103 Å². The van der Waals surface area contributed by atoms with Crippen LogP contribution in [-0.2, 0) is 4.79 Å². The van der Waals surface area contributed by atoms with E-state index in [0.29, 0.717) is 6.42 Å². The van der Waals surface area contributed by atoms with Crippen LogP contribution < -0.4 is 5.32 Å². The van der Waals surface area contributed by atoms with E-state index in [4.69, 9.17) is 5.11 Å². The summed E-state index contributed by atoms with van der Waals surface area (Å²) in [5.41, 5.74) is 2.05. The van der Waals surface area contributed by atoms with Crippen LogP contribution in [0.25, 0.3) is 0 Å². The Morgan fingerprint density at radius 2 is 1.94 bits per heavy atom. The molecule has 2 N–H and O–H groups in total. The van der Waals surface area contributed by atoms with Gasteiger partial charge in [-0.05, 0) is 25.5 Å². The molecular weight excluding hydrogens is 214 g/mol. The van der Waals surface area contributed by atoms with Gasteiger partial charge in [0.25, 0.3) is 0 Å². The van der Waals surface area contributed by atoms with Gasteiger partial charge in [0, 0.05) is 5.69 Å². The molecule has 1 aromatic carbocycles. The number of carboxylic acids is 1. The van der Waals surface area contributed by atoms with Gasteiger partial charge in [0.2, 0.25) is 0 Å². The molecular formula is C14H21NO2. The van der Waals surface area contributed by atoms with E-state index in [2.05, 4.69) is 12.2 Å². The van der Waals surface area contributed by atoms with Crippen LogP contribution in [0.4, 0.5) is 5.69 Å². The van der Waals surface area contributed by atoms with E-state index in [-0.39, 0.29) is 0 Å². The zero-order valence-electron chi connectivity index (χ0n) is 10.6. The van der Waals surface area contributed by atoms with Crippen molar-refractivity contribution in [3.05, 3.63) is 29.8 Å². The highest BCUT2D eigenvalue weighted by Crippen LogP contribution is 2.13. The summed E-state index contributed by atoms with van der Waals surface area (Å²) in [5.74, 6) is -0.776. The molecule has 0 spiro atoms. The van der Waals surface area contributed by atoms with Gasteiger partial charge in [-0.3, -0.25) is 0 Å². The molecule has 1 rings (SSSR count). The lowest BCUT2D eigenvalue weighted by Gasteiger charge is -2.15. The van der Waals surface area contributed by atoms with Crippen molar-refractivity contribution in [2.45, 2.75) is 45.6 Å². The third-order valence-electron chi connectivity index (χ3n) is 2.79. The van der Waals surface area contributed by atoms with E-state index in [9.17, 15) is 4.79 Å². The van der Waals surface area contributed by atoms with Crippen molar-refractivity contribution < 1.29 is 9.90 Å². The summed E-state index contributed by atoms with van der Waals surface area (Å²) in [7, 11) is 0. The summed E-state index contributed by atoms with van der Waals surface area (Å²) in [6.07, 6.45) is 3.82. The number of anilines is 1. The number of carbonyl (C=O) groups is 1. The predicted molar refractivity (Wildman–Crippen MR) is 70.4 cm³/mol. The van der Waals surface area contributed by atoms with Crippen molar-refractivity contribution in [1.82, 2.24) is 0 Å². The molecule has 0 heterocycles. The first-order valence-corrected chi connectivity index (χ1v) is 6.19. The Morgan fingerprint density at radius 3 is 2.47 bits per heavy atom. The Bertz CT molecular complexity index is 346. The Balaban J connectivity index is 2.54. The quantitative estimate of drug-likeness (QED) is 0.712. The second-order valence-corrected chi connectivity index (χ2v) is 4.40. The summed E-state index contributed by atoms with van der Waals surface area (Å²) in [4.78, 5) is 11.1. The fraction of sp³-hybridized carbons (Fsp3) is 0.500. The standard InChI is InChI=1S/C14H21NO2/c1-3-4-5-6-13(14(16)17)15-12-9-7-11(2)8-10-12/h7-10,13,15H,3-6H2,1-2H3,(H,16,17). The van der Waals surface area contributed by atoms with Crippen LogP contribution in [0.3, 0.4) is 0 Å². The topological polar surface area (TPSA) is 49.3 Å². The van der Waals surface area contributed by atoms with Crippen LogP contribution in [0.1, 0.15) is 38.2 Å². The average molecular weight is 235 g/mol. The Kier molecular flexibility index (Phi) is 5.53. The highest BCUT2D eigenvalue weighted by molar-refractivity contribution is 5.77. The van der Waals surface area contributed by atoms with Crippen molar-refractivity contribution in [1.29, 1.82) is 0 Å².